The second-order valence-electron chi connectivity index (χ2n) is 10.8. The first kappa shape index (κ1) is 30.1. The molecule has 0 radical (unpaired) electrons. The predicted octanol–water partition coefficient (Wildman–Crippen LogP) is 5.59. The first-order valence-corrected chi connectivity index (χ1v) is 13.5. The van der Waals surface area contributed by atoms with Gasteiger partial charge in [-0.25, -0.2) is 0 Å². The van der Waals surface area contributed by atoms with Gasteiger partial charge in [0.1, 0.15) is 17.3 Å². The molecular weight excluding hydrogens is 484 g/mol. The van der Waals surface area contributed by atoms with Gasteiger partial charge in [-0.1, -0.05) is 58.9 Å². The van der Waals surface area contributed by atoms with Crippen LogP contribution in [0.5, 0.6) is 11.5 Å². The lowest BCUT2D eigenvalue weighted by Gasteiger charge is -2.38. The number of benzene rings is 2. The number of hydrogen-bond donors (Lipinski definition) is 1. The number of carbonyl (C=O) groups excluding carboxylic acids is 1. The van der Waals surface area contributed by atoms with Crippen molar-refractivity contribution >= 4 is 5.78 Å². The number of aliphatic hydroxyl groups excluding tert-OH is 1. The minimum Gasteiger partial charge on any atom is -0.497 e. The Morgan fingerprint density at radius 2 is 1.55 bits per heavy atom. The molecule has 38 heavy (non-hydrogen) atoms. The SMILES string of the molecule is COc1ccc(CO[C@H](C(C)C)[C@H](C)[C@H](O)CC(=O)[C@H](C)[C@H]2O[C@@H](c3ccc(OC)cc3)OC[C@@H]2C)cc1. The van der Waals surface area contributed by atoms with Crippen molar-refractivity contribution in [2.75, 3.05) is 20.8 Å². The van der Waals surface area contributed by atoms with E-state index in [0.717, 1.165) is 22.6 Å². The van der Waals surface area contributed by atoms with Crippen LogP contribution in [-0.2, 0) is 25.6 Å². The number of Topliss-reactive ketones (excluding diaryl/α,β-unsaturated/α-hetero) is 1. The van der Waals surface area contributed by atoms with Gasteiger partial charge in [0, 0.05) is 29.7 Å². The largest absolute Gasteiger partial charge is 0.497 e. The predicted molar refractivity (Wildman–Crippen MR) is 146 cm³/mol. The Hall–Kier alpha value is -2.45. The number of carbonyl (C=O) groups is 1. The zero-order valence-corrected chi connectivity index (χ0v) is 23.8. The monoisotopic (exact) mass is 528 g/mol. The number of hydrogen-bond acceptors (Lipinski definition) is 7. The molecule has 2 aromatic rings. The normalized spacial score (nSPS) is 22.9. The van der Waals surface area contributed by atoms with E-state index in [2.05, 4.69) is 13.8 Å². The van der Waals surface area contributed by atoms with E-state index in [0.29, 0.717) is 13.2 Å². The van der Waals surface area contributed by atoms with Gasteiger partial charge in [-0.2, -0.15) is 0 Å². The molecule has 7 atom stereocenters. The molecule has 7 heteroatoms. The quantitative estimate of drug-likeness (QED) is 0.363. The first-order valence-electron chi connectivity index (χ1n) is 13.5. The van der Waals surface area contributed by atoms with Crippen molar-refractivity contribution in [3.05, 3.63) is 59.7 Å². The molecule has 0 spiro atoms. The molecule has 0 bridgehead atoms. The van der Waals surface area contributed by atoms with Gasteiger partial charge in [0.15, 0.2) is 6.29 Å². The van der Waals surface area contributed by atoms with E-state index in [1.807, 2.05) is 69.3 Å². The Labute approximate surface area is 227 Å². The fourth-order valence-corrected chi connectivity index (χ4v) is 5.04. The molecule has 210 valence electrons. The van der Waals surface area contributed by atoms with Gasteiger partial charge in [0.2, 0.25) is 0 Å². The summed E-state index contributed by atoms with van der Waals surface area (Å²) in [4.78, 5) is 13.3. The Morgan fingerprint density at radius 1 is 0.974 bits per heavy atom. The molecule has 1 N–H and O–H groups in total. The highest BCUT2D eigenvalue weighted by atomic mass is 16.7. The van der Waals surface area contributed by atoms with Crippen LogP contribution < -0.4 is 9.47 Å². The number of rotatable bonds is 13. The number of ketones is 1. The molecule has 1 aliphatic heterocycles. The second-order valence-corrected chi connectivity index (χ2v) is 10.8. The minimum absolute atomic E-state index is 0.0192. The zero-order valence-electron chi connectivity index (χ0n) is 23.8. The summed E-state index contributed by atoms with van der Waals surface area (Å²) in [5.74, 6) is 1.16. The zero-order chi connectivity index (χ0) is 27.8. The van der Waals surface area contributed by atoms with E-state index in [9.17, 15) is 9.90 Å². The Balaban J connectivity index is 1.58. The summed E-state index contributed by atoms with van der Waals surface area (Å²) < 4.78 is 28.9. The van der Waals surface area contributed by atoms with Crippen molar-refractivity contribution in [2.24, 2.45) is 23.7 Å². The lowest BCUT2D eigenvalue weighted by atomic mass is 9.83. The number of aliphatic hydroxyl groups is 1. The van der Waals surface area contributed by atoms with Crippen molar-refractivity contribution in [1.82, 2.24) is 0 Å². The maximum Gasteiger partial charge on any atom is 0.184 e. The highest BCUT2D eigenvalue weighted by molar-refractivity contribution is 5.81. The summed E-state index contributed by atoms with van der Waals surface area (Å²) in [6.07, 6.45) is -1.82. The molecule has 1 aliphatic rings. The van der Waals surface area contributed by atoms with Crippen LogP contribution in [0.4, 0.5) is 0 Å². The van der Waals surface area contributed by atoms with Crippen LogP contribution in [0, 0.1) is 23.7 Å². The van der Waals surface area contributed by atoms with E-state index in [1.165, 1.54) is 0 Å². The van der Waals surface area contributed by atoms with Crippen molar-refractivity contribution in [2.45, 2.75) is 72.2 Å². The van der Waals surface area contributed by atoms with Crippen LogP contribution in [0.3, 0.4) is 0 Å². The Morgan fingerprint density at radius 3 is 2.11 bits per heavy atom. The summed E-state index contributed by atoms with van der Waals surface area (Å²) in [6, 6.07) is 15.3. The molecule has 1 heterocycles. The fourth-order valence-electron chi connectivity index (χ4n) is 5.04. The highest BCUT2D eigenvalue weighted by Crippen LogP contribution is 2.34. The van der Waals surface area contributed by atoms with Gasteiger partial charge in [-0.05, 0) is 35.7 Å². The third-order valence-corrected chi connectivity index (χ3v) is 7.53. The molecule has 0 saturated carbocycles. The van der Waals surface area contributed by atoms with Gasteiger partial charge in [-0.3, -0.25) is 4.79 Å². The Bertz CT molecular complexity index is 988. The molecule has 0 aromatic heterocycles. The second kappa shape index (κ2) is 14.1. The van der Waals surface area contributed by atoms with E-state index in [-0.39, 0.29) is 48.1 Å². The van der Waals surface area contributed by atoms with Crippen molar-refractivity contribution in [3.8, 4) is 11.5 Å². The van der Waals surface area contributed by atoms with E-state index in [4.69, 9.17) is 23.7 Å². The average molecular weight is 529 g/mol. The summed E-state index contributed by atoms with van der Waals surface area (Å²) in [5.41, 5.74) is 1.91. The van der Waals surface area contributed by atoms with Gasteiger partial charge in [0.25, 0.3) is 0 Å². The maximum atomic E-state index is 13.3. The molecule has 7 nitrogen and oxygen atoms in total. The molecule has 1 fully saturated rings. The third kappa shape index (κ3) is 7.79. The lowest BCUT2D eigenvalue weighted by Crippen LogP contribution is -2.43. The third-order valence-electron chi connectivity index (χ3n) is 7.53. The lowest BCUT2D eigenvalue weighted by molar-refractivity contribution is -0.248. The van der Waals surface area contributed by atoms with Crippen LogP contribution in [0.25, 0.3) is 0 Å². The van der Waals surface area contributed by atoms with Crippen molar-refractivity contribution in [3.63, 3.8) is 0 Å². The molecule has 0 amide bonds. The molecule has 0 unspecified atom stereocenters. The van der Waals surface area contributed by atoms with Crippen LogP contribution in [-0.4, -0.2) is 50.0 Å². The summed E-state index contributed by atoms with van der Waals surface area (Å²) in [6.45, 7) is 10.9. The van der Waals surface area contributed by atoms with Crippen LogP contribution in [0.1, 0.15) is 58.5 Å². The molecule has 2 aromatic carbocycles. The smallest absolute Gasteiger partial charge is 0.184 e. The van der Waals surface area contributed by atoms with Crippen LogP contribution in [0.2, 0.25) is 0 Å². The van der Waals surface area contributed by atoms with Crippen LogP contribution in [0.15, 0.2) is 48.5 Å². The van der Waals surface area contributed by atoms with Crippen molar-refractivity contribution in [1.29, 1.82) is 0 Å². The summed E-state index contributed by atoms with van der Waals surface area (Å²) in [5, 5.41) is 11.1. The molecular formula is C31H44O7. The van der Waals surface area contributed by atoms with Gasteiger partial charge >= 0.3 is 0 Å². The summed E-state index contributed by atoms with van der Waals surface area (Å²) in [7, 11) is 3.26. The Kier molecular flexibility index (Phi) is 11.2. The first-order chi connectivity index (χ1) is 18.1. The average Bonchev–Trinajstić information content (AvgIpc) is 2.93. The maximum absolute atomic E-state index is 13.3. The minimum atomic E-state index is -0.819. The number of methoxy groups -OCH3 is 2. The van der Waals surface area contributed by atoms with Gasteiger partial charge in [-0.15, -0.1) is 0 Å². The molecule has 0 aliphatic carbocycles. The standard InChI is InChI=1S/C31H44O7/c1-19(2)29(36-18-23-8-12-25(34-6)13-9-23)21(4)27(32)16-28(33)22(5)30-20(3)17-37-31(38-30)24-10-14-26(35-7)15-11-24/h8-15,19-22,27,29-32H,16-18H2,1-7H3/t20-,21+,22-,27+,29+,30-,31-/m0/s1. The van der Waals surface area contributed by atoms with E-state index >= 15 is 0 Å². The van der Waals surface area contributed by atoms with E-state index < -0.39 is 12.4 Å². The van der Waals surface area contributed by atoms with Crippen LogP contribution >= 0.6 is 0 Å². The summed E-state index contributed by atoms with van der Waals surface area (Å²) >= 11 is 0. The van der Waals surface area contributed by atoms with Crippen molar-refractivity contribution < 1.29 is 33.6 Å². The fraction of sp³-hybridized carbons (Fsp3) is 0.581. The highest BCUT2D eigenvalue weighted by Gasteiger charge is 2.38. The molecule has 3 rings (SSSR count). The number of ether oxygens (including phenoxy) is 5. The van der Waals surface area contributed by atoms with Gasteiger partial charge < -0.3 is 28.8 Å². The van der Waals surface area contributed by atoms with Gasteiger partial charge in [0.05, 0.1) is 45.7 Å². The topological polar surface area (TPSA) is 83.5 Å². The molecule has 1 saturated heterocycles. The van der Waals surface area contributed by atoms with E-state index in [1.54, 1.807) is 14.2 Å².